The molecule has 2 N–H and O–H groups in total. The minimum Gasteiger partial charge on any atom is -0.459 e. The van der Waals surface area contributed by atoms with Crippen molar-refractivity contribution in [1.29, 1.82) is 5.26 Å². The van der Waals surface area contributed by atoms with Crippen LogP contribution < -0.4 is 10.6 Å². The van der Waals surface area contributed by atoms with Crippen molar-refractivity contribution in [2.45, 2.75) is 0 Å². The van der Waals surface area contributed by atoms with Crippen LogP contribution in [0, 0.1) is 11.3 Å². The minimum absolute atomic E-state index is 0.268. The molecule has 0 unspecified atom stereocenters. The molecule has 0 aliphatic heterocycles. The second-order valence-corrected chi connectivity index (χ2v) is 4.82. The van der Waals surface area contributed by atoms with Crippen molar-refractivity contribution >= 4 is 23.0 Å². The van der Waals surface area contributed by atoms with Crippen LogP contribution in [0.1, 0.15) is 16.1 Å². The van der Waals surface area contributed by atoms with E-state index >= 15 is 0 Å². The molecule has 2 aromatic carbocycles. The molecule has 0 aliphatic rings. The maximum Gasteiger partial charge on any atom is 0.291 e. The normalized spacial score (nSPS) is 9.87. The second kappa shape index (κ2) is 6.50. The highest BCUT2D eigenvalue weighted by atomic mass is 16.3. The van der Waals surface area contributed by atoms with Crippen molar-refractivity contribution in [2.75, 3.05) is 10.6 Å². The van der Waals surface area contributed by atoms with Crippen LogP contribution in [0.4, 0.5) is 17.1 Å². The number of hydrogen-bond donors (Lipinski definition) is 2. The molecule has 0 saturated heterocycles. The Balaban J connectivity index is 1.64. The molecular weight excluding hydrogens is 290 g/mol. The summed E-state index contributed by atoms with van der Waals surface area (Å²) in [5.74, 6) is -0.0208. The molecule has 0 aliphatic carbocycles. The van der Waals surface area contributed by atoms with Gasteiger partial charge in [0.05, 0.1) is 17.9 Å². The third-order valence-corrected chi connectivity index (χ3v) is 3.19. The summed E-state index contributed by atoms with van der Waals surface area (Å²) >= 11 is 0. The molecule has 5 nitrogen and oxygen atoms in total. The zero-order valence-electron chi connectivity index (χ0n) is 12.1. The van der Waals surface area contributed by atoms with E-state index in [1.54, 1.807) is 36.4 Å². The van der Waals surface area contributed by atoms with Crippen LogP contribution in [-0.2, 0) is 0 Å². The molecule has 112 valence electrons. The van der Waals surface area contributed by atoms with Gasteiger partial charge in [0.15, 0.2) is 5.76 Å². The molecule has 0 spiro atoms. The lowest BCUT2D eigenvalue weighted by Crippen LogP contribution is -2.10. The topological polar surface area (TPSA) is 78.1 Å². The predicted molar refractivity (Wildman–Crippen MR) is 87.5 cm³/mol. The maximum absolute atomic E-state index is 11.9. The summed E-state index contributed by atoms with van der Waals surface area (Å²) in [6, 6.07) is 19.8. The average Bonchev–Trinajstić information content (AvgIpc) is 3.12. The zero-order chi connectivity index (χ0) is 16.1. The fraction of sp³-hybridized carbons (Fsp3) is 0. The number of benzene rings is 2. The van der Waals surface area contributed by atoms with E-state index in [0.717, 1.165) is 11.4 Å². The lowest BCUT2D eigenvalue weighted by molar-refractivity contribution is 0.0996. The summed E-state index contributed by atoms with van der Waals surface area (Å²) in [4.78, 5) is 11.9. The highest BCUT2D eigenvalue weighted by molar-refractivity contribution is 6.02. The van der Waals surface area contributed by atoms with Gasteiger partial charge in [-0.1, -0.05) is 0 Å². The van der Waals surface area contributed by atoms with E-state index < -0.39 is 0 Å². The molecule has 1 heterocycles. The zero-order valence-corrected chi connectivity index (χ0v) is 12.1. The van der Waals surface area contributed by atoms with Crippen LogP contribution >= 0.6 is 0 Å². The molecule has 1 aromatic heterocycles. The molecule has 0 saturated carbocycles. The second-order valence-electron chi connectivity index (χ2n) is 4.82. The number of hydrogen-bond acceptors (Lipinski definition) is 4. The Morgan fingerprint density at radius 1 is 0.913 bits per heavy atom. The SMILES string of the molecule is N#Cc1ccc(Nc2ccc(NC(=O)c3ccco3)cc2)cc1. The summed E-state index contributed by atoms with van der Waals surface area (Å²) in [5.41, 5.74) is 3.06. The van der Waals surface area contributed by atoms with Gasteiger partial charge in [-0.05, 0) is 60.7 Å². The minimum atomic E-state index is -0.289. The van der Waals surface area contributed by atoms with Crippen molar-refractivity contribution in [3.05, 3.63) is 78.3 Å². The number of furan rings is 1. The van der Waals surface area contributed by atoms with Gasteiger partial charge in [-0.25, -0.2) is 0 Å². The number of amides is 1. The number of nitrogens with zero attached hydrogens (tertiary/aromatic N) is 1. The van der Waals surface area contributed by atoms with E-state index in [9.17, 15) is 4.79 Å². The molecule has 0 bridgehead atoms. The molecule has 3 aromatic rings. The van der Waals surface area contributed by atoms with E-state index in [4.69, 9.17) is 9.68 Å². The molecule has 0 atom stereocenters. The summed E-state index contributed by atoms with van der Waals surface area (Å²) in [6.07, 6.45) is 1.46. The Morgan fingerprint density at radius 3 is 2.09 bits per heavy atom. The van der Waals surface area contributed by atoms with E-state index in [1.165, 1.54) is 6.26 Å². The van der Waals surface area contributed by atoms with E-state index in [-0.39, 0.29) is 11.7 Å². The van der Waals surface area contributed by atoms with Gasteiger partial charge in [0, 0.05) is 17.1 Å². The van der Waals surface area contributed by atoms with Crippen LogP contribution in [0.2, 0.25) is 0 Å². The number of nitriles is 1. The third-order valence-electron chi connectivity index (χ3n) is 3.19. The van der Waals surface area contributed by atoms with Crippen LogP contribution in [-0.4, -0.2) is 5.91 Å². The Morgan fingerprint density at radius 2 is 1.52 bits per heavy atom. The largest absolute Gasteiger partial charge is 0.459 e. The Bertz CT molecular complexity index is 829. The number of rotatable bonds is 4. The lowest BCUT2D eigenvalue weighted by Gasteiger charge is -2.08. The first-order valence-corrected chi connectivity index (χ1v) is 6.97. The van der Waals surface area contributed by atoms with Crippen LogP contribution in [0.5, 0.6) is 0 Å². The molecule has 0 radical (unpaired) electrons. The smallest absolute Gasteiger partial charge is 0.291 e. The van der Waals surface area contributed by atoms with Gasteiger partial charge < -0.3 is 15.1 Å². The quantitative estimate of drug-likeness (QED) is 0.759. The van der Waals surface area contributed by atoms with Crippen molar-refractivity contribution < 1.29 is 9.21 Å². The number of carbonyl (C=O) groups excluding carboxylic acids is 1. The maximum atomic E-state index is 11.9. The standard InChI is InChI=1S/C18H13N3O2/c19-12-13-3-5-14(6-4-13)20-15-7-9-16(10-8-15)21-18(22)17-2-1-11-23-17/h1-11,20H,(H,21,22). The van der Waals surface area contributed by atoms with Crippen LogP contribution in [0.25, 0.3) is 0 Å². The first-order valence-electron chi connectivity index (χ1n) is 6.97. The van der Waals surface area contributed by atoms with Crippen molar-refractivity contribution in [3.63, 3.8) is 0 Å². The van der Waals surface area contributed by atoms with Gasteiger partial charge in [0.2, 0.25) is 0 Å². The highest BCUT2D eigenvalue weighted by Crippen LogP contribution is 2.19. The van der Waals surface area contributed by atoms with Crippen molar-refractivity contribution in [2.24, 2.45) is 0 Å². The summed E-state index contributed by atoms with van der Waals surface area (Å²) < 4.78 is 5.04. The van der Waals surface area contributed by atoms with Gasteiger partial charge in [-0.2, -0.15) is 5.26 Å². The lowest BCUT2D eigenvalue weighted by atomic mass is 10.2. The Labute approximate surface area is 133 Å². The van der Waals surface area contributed by atoms with Gasteiger partial charge in [-0.15, -0.1) is 0 Å². The van der Waals surface area contributed by atoms with E-state index in [0.29, 0.717) is 11.3 Å². The highest BCUT2D eigenvalue weighted by Gasteiger charge is 2.08. The molecule has 1 amide bonds. The van der Waals surface area contributed by atoms with Gasteiger partial charge in [0.1, 0.15) is 0 Å². The van der Waals surface area contributed by atoms with Crippen molar-refractivity contribution in [3.8, 4) is 6.07 Å². The molecule has 3 rings (SSSR count). The molecular formula is C18H13N3O2. The number of anilines is 3. The van der Waals surface area contributed by atoms with Gasteiger partial charge in [0.25, 0.3) is 5.91 Å². The number of nitrogens with one attached hydrogen (secondary N) is 2. The Hall–Kier alpha value is -3.52. The summed E-state index contributed by atoms with van der Waals surface area (Å²) in [6.45, 7) is 0. The monoisotopic (exact) mass is 303 g/mol. The fourth-order valence-electron chi connectivity index (χ4n) is 2.03. The van der Waals surface area contributed by atoms with Crippen LogP contribution in [0.3, 0.4) is 0 Å². The van der Waals surface area contributed by atoms with Crippen LogP contribution in [0.15, 0.2) is 71.3 Å². The van der Waals surface area contributed by atoms with Gasteiger partial charge >= 0.3 is 0 Å². The third kappa shape index (κ3) is 3.57. The first-order chi connectivity index (χ1) is 11.2. The van der Waals surface area contributed by atoms with Crippen molar-refractivity contribution in [1.82, 2.24) is 0 Å². The molecule has 5 heteroatoms. The van der Waals surface area contributed by atoms with Gasteiger partial charge in [-0.3, -0.25) is 4.79 Å². The predicted octanol–water partition coefficient (Wildman–Crippen LogP) is 4.15. The van der Waals surface area contributed by atoms with E-state index in [2.05, 4.69) is 16.7 Å². The molecule has 0 fully saturated rings. The number of carbonyl (C=O) groups is 1. The summed E-state index contributed by atoms with van der Waals surface area (Å²) in [5, 5.41) is 14.8. The fourth-order valence-corrected chi connectivity index (χ4v) is 2.03. The van der Waals surface area contributed by atoms with E-state index in [1.807, 2.05) is 24.3 Å². The first kappa shape index (κ1) is 14.4. The average molecular weight is 303 g/mol. The Kier molecular flexibility index (Phi) is 4.07. The summed E-state index contributed by atoms with van der Waals surface area (Å²) in [7, 11) is 0. The molecule has 23 heavy (non-hydrogen) atoms.